The van der Waals surface area contributed by atoms with Crippen LogP contribution in [0.15, 0.2) is 23.0 Å². The second-order valence-electron chi connectivity index (χ2n) is 7.83. The van der Waals surface area contributed by atoms with Crippen molar-refractivity contribution in [2.75, 3.05) is 13.1 Å². The molecule has 1 aliphatic heterocycles. The number of halogens is 1. The van der Waals surface area contributed by atoms with E-state index in [-0.39, 0.29) is 11.2 Å². The number of hydrogen-bond acceptors (Lipinski definition) is 2. The van der Waals surface area contributed by atoms with E-state index in [1.807, 2.05) is 11.8 Å². The molecular formula is C21H25FN2O2. The summed E-state index contributed by atoms with van der Waals surface area (Å²) < 4.78 is 13.4. The zero-order valence-electron chi connectivity index (χ0n) is 15.2. The van der Waals surface area contributed by atoms with E-state index in [9.17, 15) is 14.0 Å². The van der Waals surface area contributed by atoms with Gasteiger partial charge in [0.1, 0.15) is 5.82 Å². The van der Waals surface area contributed by atoms with Crippen LogP contribution in [-0.2, 0) is 11.2 Å². The number of aromatic amines is 1. The fourth-order valence-electron chi connectivity index (χ4n) is 4.04. The average Bonchev–Trinajstić information content (AvgIpc) is 3.49. The minimum absolute atomic E-state index is 0.0851. The molecule has 0 atom stereocenters. The highest BCUT2D eigenvalue weighted by molar-refractivity contribution is 5.81. The van der Waals surface area contributed by atoms with Gasteiger partial charge in [-0.3, -0.25) is 9.59 Å². The van der Waals surface area contributed by atoms with Crippen LogP contribution in [0, 0.1) is 24.6 Å². The van der Waals surface area contributed by atoms with Crippen LogP contribution in [0.25, 0.3) is 10.9 Å². The first-order valence-electron chi connectivity index (χ1n) is 9.62. The zero-order chi connectivity index (χ0) is 18.3. The molecule has 1 aliphatic carbocycles. The first-order valence-corrected chi connectivity index (χ1v) is 9.62. The molecule has 0 bridgehead atoms. The van der Waals surface area contributed by atoms with Crippen LogP contribution in [0.2, 0.25) is 0 Å². The molecule has 2 aromatic rings. The van der Waals surface area contributed by atoms with Crippen molar-refractivity contribution in [1.29, 1.82) is 0 Å². The van der Waals surface area contributed by atoms with Crippen molar-refractivity contribution in [2.24, 2.45) is 11.8 Å². The van der Waals surface area contributed by atoms with Crippen LogP contribution in [0.3, 0.4) is 0 Å². The molecule has 4 nitrogen and oxygen atoms in total. The number of H-pyrrole nitrogens is 1. The summed E-state index contributed by atoms with van der Waals surface area (Å²) in [4.78, 5) is 30.0. The average molecular weight is 356 g/mol. The van der Waals surface area contributed by atoms with E-state index in [1.54, 1.807) is 6.07 Å². The van der Waals surface area contributed by atoms with Gasteiger partial charge in [0.2, 0.25) is 5.91 Å². The van der Waals surface area contributed by atoms with E-state index in [0.717, 1.165) is 57.3 Å². The largest absolute Gasteiger partial charge is 0.358 e. The Hall–Kier alpha value is -2.17. The summed E-state index contributed by atoms with van der Waals surface area (Å²) in [6.07, 6.45) is 6.04. The highest BCUT2D eigenvalue weighted by atomic mass is 19.1. The normalized spacial score (nSPS) is 18.5. The van der Waals surface area contributed by atoms with Crippen LogP contribution in [0.5, 0.6) is 0 Å². The highest BCUT2D eigenvalue weighted by Gasteiger charge is 2.34. The molecule has 1 saturated heterocycles. The van der Waals surface area contributed by atoms with Crippen molar-refractivity contribution >= 4 is 16.8 Å². The van der Waals surface area contributed by atoms with Gasteiger partial charge in [0.25, 0.3) is 0 Å². The monoisotopic (exact) mass is 356 g/mol. The van der Waals surface area contributed by atoms with Gasteiger partial charge in [-0.15, -0.1) is 0 Å². The van der Waals surface area contributed by atoms with Crippen molar-refractivity contribution < 1.29 is 9.18 Å². The molecule has 5 heteroatoms. The number of carbonyl (C=O) groups is 1. The lowest BCUT2D eigenvalue weighted by molar-refractivity contribution is -0.133. The van der Waals surface area contributed by atoms with Crippen molar-refractivity contribution in [1.82, 2.24) is 9.88 Å². The number of rotatable bonds is 4. The lowest BCUT2D eigenvalue weighted by Crippen LogP contribution is -2.39. The van der Waals surface area contributed by atoms with Crippen molar-refractivity contribution in [3.8, 4) is 0 Å². The van der Waals surface area contributed by atoms with E-state index in [2.05, 4.69) is 4.98 Å². The Morgan fingerprint density at radius 1 is 1.23 bits per heavy atom. The summed E-state index contributed by atoms with van der Waals surface area (Å²) in [6, 6.07) is 4.32. The van der Waals surface area contributed by atoms with Crippen molar-refractivity contribution in [3.63, 3.8) is 0 Å². The second-order valence-corrected chi connectivity index (χ2v) is 7.83. The molecule has 1 amide bonds. The predicted molar refractivity (Wildman–Crippen MR) is 99.6 cm³/mol. The summed E-state index contributed by atoms with van der Waals surface area (Å²) in [7, 11) is 0. The lowest BCUT2D eigenvalue weighted by atomic mass is 9.90. The third-order valence-electron chi connectivity index (χ3n) is 5.96. The number of fused-ring (bicyclic) bond motifs is 1. The number of pyridine rings is 1. The molecule has 2 fully saturated rings. The number of hydrogen-bond donors (Lipinski definition) is 1. The Kier molecular flexibility index (Phi) is 4.55. The fourth-order valence-corrected chi connectivity index (χ4v) is 4.04. The summed E-state index contributed by atoms with van der Waals surface area (Å²) in [5.74, 6) is 0.861. The molecule has 138 valence electrons. The molecular weight excluding hydrogens is 331 g/mol. The van der Waals surface area contributed by atoms with Gasteiger partial charge in [0.05, 0.1) is 0 Å². The van der Waals surface area contributed by atoms with Crippen LogP contribution in [0.4, 0.5) is 4.39 Å². The Balaban J connectivity index is 1.40. The molecule has 1 aromatic carbocycles. The minimum atomic E-state index is -0.386. The summed E-state index contributed by atoms with van der Waals surface area (Å²) in [6.45, 7) is 3.55. The zero-order valence-corrected chi connectivity index (χ0v) is 15.2. The molecule has 1 aromatic heterocycles. The topological polar surface area (TPSA) is 53.2 Å². The van der Waals surface area contributed by atoms with Gasteiger partial charge in [-0.05, 0) is 69.6 Å². The van der Waals surface area contributed by atoms with Crippen LogP contribution >= 0.6 is 0 Å². The van der Waals surface area contributed by atoms with E-state index >= 15 is 0 Å². The number of benzene rings is 1. The minimum Gasteiger partial charge on any atom is -0.358 e. The van der Waals surface area contributed by atoms with Crippen LogP contribution < -0.4 is 5.43 Å². The number of nitrogens with zero attached hydrogens (tertiary/aromatic N) is 1. The van der Waals surface area contributed by atoms with E-state index in [0.29, 0.717) is 34.2 Å². The Morgan fingerprint density at radius 2 is 1.96 bits per heavy atom. The lowest BCUT2D eigenvalue weighted by Gasteiger charge is -2.32. The highest BCUT2D eigenvalue weighted by Crippen LogP contribution is 2.33. The van der Waals surface area contributed by atoms with Gasteiger partial charge in [0.15, 0.2) is 5.43 Å². The predicted octanol–water partition coefficient (Wildman–Crippen LogP) is 3.56. The van der Waals surface area contributed by atoms with Gasteiger partial charge < -0.3 is 9.88 Å². The van der Waals surface area contributed by atoms with E-state index < -0.39 is 0 Å². The number of carbonyl (C=O) groups excluding carboxylic acids is 1. The number of piperidine rings is 1. The number of aromatic nitrogens is 1. The standard InChI is InChI=1S/C21H25FN2O2/c1-13-18(23-19-7-5-16(22)12-17(19)20(13)25)6-2-14-8-10-24(11-9-14)21(26)15-3-4-15/h5,7,12,14-15H,2-4,6,8-11H2,1H3,(H,23,25). The number of aryl methyl sites for hydroxylation is 1. The molecule has 0 unspecified atom stereocenters. The Labute approximate surface area is 152 Å². The number of amides is 1. The van der Waals surface area contributed by atoms with Gasteiger partial charge in [-0.1, -0.05) is 0 Å². The smallest absolute Gasteiger partial charge is 0.225 e. The van der Waals surface area contributed by atoms with Crippen LogP contribution in [0.1, 0.15) is 43.4 Å². The van der Waals surface area contributed by atoms with E-state index in [1.165, 1.54) is 12.1 Å². The van der Waals surface area contributed by atoms with Crippen molar-refractivity contribution in [3.05, 3.63) is 45.5 Å². The molecule has 2 aliphatic rings. The molecule has 26 heavy (non-hydrogen) atoms. The molecule has 1 saturated carbocycles. The summed E-state index contributed by atoms with van der Waals surface area (Å²) in [5, 5.41) is 0.415. The SMILES string of the molecule is Cc1c(CCC2CCN(C(=O)C3CC3)CC2)[nH]c2ccc(F)cc2c1=O. The molecule has 4 rings (SSSR count). The summed E-state index contributed by atoms with van der Waals surface area (Å²) in [5.41, 5.74) is 2.25. The van der Waals surface area contributed by atoms with Gasteiger partial charge in [0, 0.05) is 41.2 Å². The molecule has 0 radical (unpaired) electrons. The summed E-state index contributed by atoms with van der Waals surface area (Å²) >= 11 is 0. The Morgan fingerprint density at radius 3 is 2.65 bits per heavy atom. The Bertz CT molecular complexity index is 893. The molecule has 2 heterocycles. The van der Waals surface area contributed by atoms with Gasteiger partial charge in [-0.25, -0.2) is 4.39 Å². The van der Waals surface area contributed by atoms with Gasteiger partial charge >= 0.3 is 0 Å². The first-order chi connectivity index (χ1) is 12.5. The second kappa shape index (κ2) is 6.86. The fraction of sp³-hybridized carbons (Fsp3) is 0.524. The third kappa shape index (κ3) is 3.39. The van der Waals surface area contributed by atoms with Crippen molar-refractivity contribution in [2.45, 2.75) is 45.4 Å². The number of likely N-dealkylation sites (tertiary alicyclic amines) is 1. The molecule has 1 N–H and O–H groups in total. The molecule has 0 spiro atoms. The van der Waals surface area contributed by atoms with Gasteiger partial charge in [-0.2, -0.15) is 0 Å². The first kappa shape index (κ1) is 17.3. The maximum absolute atomic E-state index is 13.4. The third-order valence-corrected chi connectivity index (χ3v) is 5.96. The maximum Gasteiger partial charge on any atom is 0.225 e. The number of nitrogens with one attached hydrogen (secondary N) is 1. The van der Waals surface area contributed by atoms with Crippen LogP contribution in [-0.4, -0.2) is 28.9 Å². The maximum atomic E-state index is 13.4. The van der Waals surface area contributed by atoms with E-state index in [4.69, 9.17) is 0 Å². The quantitative estimate of drug-likeness (QED) is 0.911.